The van der Waals surface area contributed by atoms with Crippen molar-refractivity contribution in [1.29, 1.82) is 0 Å². The lowest BCUT2D eigenvalue weighted by Gasteiger charge is -2.13. The topological polar surface area (TPSA) is 16.1 Å². The van der Waals surface area contributed by atoms with Crippen LogP contribution in [0.2, 0.25) is 5.15 Å². The van der Waals surface area contributed by atoms with Gasteiger partial charge in [0, 0.05) is 13.1 Å². The van der Waals surface area contributed by atoms with Crippen molar-refractivity contribution in [3.05, 3.63) is 10.0 Å². The first-order valence-electron chi connectivity index (χ1n) is 4.16. The lowest BCUT2D eigenvalue weighted by atomic mass is 10.6. The number of rotatable bonds is 3. The minimum Gasteiger partial charge on any atom is -0.348 e. The average molecular weight is 237 g/mol. The fourth-order valence-corrected chi connectivity index (χ4v) is 2.68. The molecule has 0 unspecified atom stereocenters. The summed E-state index contributed by atoms with van der Waals surface area (Å²) in [6.45, 7) is 0. The summed E-state index contributed by atoms with van der Waals surface area (Å²) in [6, 6.07) is 0.672. The van der Waals surface area contributed by atoms with Crippen LogP contribution in [0.15, 0.2) is 0 Å². The predicted molar refractivity (Wildman–Crippen MR) is 58.1 cm³/mol. The molecule has 0 atom stereocenters. The van der Waals surface area contributed by atoms with Crippen LogP contribution in [0.1, 0.15) is 17.7 Å². The molecule has 1 saturated carbocycles. The van der Waals surface area contributed by atoms with Crippen LogP contribution >= 0.6 is 34.5 Å². The van der Waals surface area contributed by atoms with Crippen molar-refractivity contribution in [2.75, 3.05) is 11.9 Å². The fourth-order valence-electron chi connectivity index (χ4n) is 1.17. The third-order valence-corrected chi connectivity index (χ3v) is 4.15. The first-order valence-corrected chi connectivity index (χ1v) is 5.89. The van der Waals surface area contributed by atoms with Gasteiger partial charge in [0.15, 0.2) is 5.13 Å². The molecule has 0 aliphatic heterocycles. The number of hydrogen-bond donors (Lipinski definition) is 0. The van der Waals surface area contributed by atoms with Gasteiger partial charge in [-0.1, -0.05) is 22.9 Å². The molecule has 0 amide bonds. The summed E-state index contributed by atoms with van der Waals surface area (Å²) >= 11 is 13.2. The van der Waals surface area contributed by atoms with Gasteiger partial charge in [-0.15, -0.1) is 11.6 Å². The smallest absolute Gasteiger partial charge is 0.187 e. The minimum atomic E-state index is 0.453. The molecule has 1 aliphatic carbocycles. The van der Waals surface area contributed by atoms with Crippen LogP contribution in [0, 0.1) is 0 Å². The molecule has 0 saturated heterocycles. The number of thiazole rings is 1. The molecule has 1 aromatic heterocycles. The first kappa shape index (κ1) is 9.56. The lowest BCUT2D eigenvalue weighted by molar-refractivity contribution is 0.909. The quantitative estimate of drug-likeness (QED) is 0.751. The molecule has 0 aromatic carbocycles. The minimum absolute atomic E-state index is 0.453. The Hall–Kier alpha value is 0.01000. The number of aromatic nitrogens is 1. The Morgan fingerprint density at radius 3 is 2.77 bits per heavy atom. The molecular weight excluding hydrogens is 227 g/mol. The Morgan fingerprint density at radius 2 is 2.31 bits per heavy atom. The molecule has 0 spiro atoms. The highest BCUT2D eigenvalue weighted by Gasteiger charge is 2.28. The van der Waals surface area contributed by atoms with Gasteiger partial charge in [-0.05, 0) is 12.8 Å². The zero-order valence-electron chi connectivity index (χ0n) is 7.26. The van der Waals surface area contributed by atoms with E-state index in [4.69, 9.17) is 23.2 Å². The lowest BCUT2D eigenvalue weighted by Crippen LogP contribution is -2.18. The van der Waals surface area contributed by atoms with Crippen molar-refractivity contribution in [2.24, 2.45) is 0 Å². The van der Waals surface area contributed by atoms with Gasteiger partial charge in [0.25, 0.3) is 0 Å². The van der Waals surface area contributed by atoms with Crippen molar-refractivity contribution >= 4 is 39.7 Å². The third-order valence-electron chi connectivity index (χ3n) is 2.16. The van der Waals surface area contributed by atoms with Crippen molar-refractivity contribution in [3.63, 3.8) is 0 Å². The summed E-state index contributed by atoms with van der Waals surface area (Å²) in [5.74, 6) is 0.453. The molecule has 1 heterocycles. The van der Waals surface area contributed by atoms with Crippen LogP contribution in [-0.2, 0) is 5.88 Å². The van der Waals surface area contributed by atoms with E-state index < -0.39 is 0 Å². The molecule has 0 N–H and O–H groups in total. The van der Waals surface area contributed by atoms with E-state index in [1.165, 1.54) is 12.8 Å². The van der Waals surface area contributed by atoms with E-state index in [0.717, 1.165) is 10.0 Å². The summed E-state index contributed by atoms with van der Waals surface area (Å²) in [6.07, 6.45) is 2.54. The molecule has 2 rings (SSSR count). The van der Waals surface area contributed by atoms with Gasteiger partial charge in [-0.25, -0.2) is 4.98 Å². The highest BCUT2D eigenvalue weighted by Crippen LogP contribution is 2.35. The Balaban J connectivity index is 2.19. The standard InChI is InChI=1S/C8H10Cl2N2S/c1-12(5-2-3-5)8-11-7(10)6(4-9)13-8/h5H,2-4H2,1H3. The molecule has 13 heavy (non-hydrogen) atoms. The van der Waals surface area contributed by atoms with E-state index in [9.17, 15) is 0 Å². The summed E-state index contributed by atoms with van der Waals surface area (Å²) in [5.41, 5.74) is 0. The number of alkyl halides is 1. The zero-order chi connectivity index (χ0) is 9.42. The fraction of sp³-hybridized carbons (Fsp3) is 0.625. The summed E-state index contributed by atoms with van der Waals surface area (Å²) in [5, 5.41) is 1.55. The van der Waals surface area contributed by atoms with Gasteiger partial charge in [-0.2, -0.15) is 0 Å². The summed E-state index contributed by atoms with van der Waals surface area (Å²) in [4.78, 5) is 7.42. The molecule has 0 bridgehead atoms. The van der Waals surface area contributed by atoms with Gasteiger partial charge in [0.1, 0.15) is 5.15 Å². The Kier molecular flexibility index (Phi) is 2.67. The molecule has 2 nitrogen and oxygen atoms in total. The first-order chi connectivity index (χ1) is 6.22. The van der Waals surface area contributed by atoms with Gasteiger partial charge in [0.2, 0.25) is 0 Å². The van der Waals surface area contributed by atoms with E-state index in [2.05, 4.69) is 16.9 Å². The second-order valence-corrected chi connectivity index (χ2v) is 4.87. The summed E-state index contributed by atoms with van der Waals surface area (Å²) in [7, 11) is 2.06. The molecule has 1 aromatic rings. The second kappa shape index (κ2) is 3.64. The van der Waals surface area contributed by atoms with Crippen molar-refractivity contribution < 1.29 is 0 Å². The third kappa shape index (κ3) is 1.92. The number of halogens is 2. The van der Waals surface area contributed by atoms with Crippen molar-refractivity contribution in [1.82, 2.24) is 4.98 Å². The van der Waals surface area contributed by atoms with E-state index in [1.54, 1.807) is 11.3 Å². The normalized spacial score (nSPS) is 16.2. The molecule has 72 valence electrons. The number of nitrogens with zero attached hydrogens (tertiary/aromatic N) is 2. The number of anilines is 1. The molecule has 1 fully saturated rings. The monoisotopic (exact) mass is 236 g/mol. The van der Waals surface area contributed by atoms with Gasteiger partial charge in [-0.3, -0.25) is 0 Å². The van der Waals surface area contributed by atoms with Crippen molar-refractivity contribution in [2.45, 2.75) is 24.8 Å². The molecule has 5 heteroatoms. The maximum atomic E-state index is 5.90. The van der Waals surface area contributed by atoms with E-state index in [-0.39, 0.29) is 0 Å². The van der Waals surface area contributed by atoms with Crippen LogP contribution in [0.3, 0.4) is 0 Å². The maximum absolute atomic E-state index is 5.90. The molecular formula is C8H10Cl2N2S. The van der Waals surface area contributed by atoms with Crippen LogP contribution in [-0.4, -0.2) is 18.1 Å². The SMILES string of the molecule is CN(c1nc(Cl)c(CCl)s1)C1CC1. The molecule has 0 radical (unpaired) electrons. The van der Waals surface area contributed by atoms with E-state index >= 15 is 0 Å². The highest BCUT2D eigenvalue weighted by atomic mass is 35.5. The van der Waals surface area contributed by atoms with Crippen molar-refractivity contribution in [3.8, 4) is 0 Å². The van der Waals surface area contributed by atoms with Crippen LogP contribution < -0.4 is 4.90 Å². The van der Waals surface area contributed by atoms with Crippen LogP contribution in [0.4, 0.5) is 5.13 Å². The summed E-state index contributed by atoms with van der Waals surface area (Å²) < 4.78 is 0. The Morgan fingerprint density at radius 1 is 1.62 bits per heavy atom. The number of hydrogen-bond acceptors (Lipinski definition) is 3. The van der Waals surface area contributed by atoms with Gasteiger partial charge >= 0.3 is 0 Å². The zero-order valence-corrected chi connectivity index (χ0v) is 9.59. The van der Waals surface area contributed by atoms with E-state index in [0.29, 0.717) is 17.1 Å². The Bertz CT molecular complexity index is 309. The molecule has 1 aliphatic rings. The Labute approximate surface area is 91.5 Å². The van der Waals surface area contributed by atoms with Crippen LogP contribution in [0.25, 0.3) is 0 Å². The largest absolute Gasteiger partial charge is 0.348 e. The van der Waals surface area contributed by atoms with Crippen LogP contribution in [0.5, 0.6) is 0 Å². The van der Waals surface area contributed by atoms with Gasteiger partial charge in [0.05, 0.1) is 10.8 Å². The maximum Gasteiger partial charge on any atom is 0.187 e. The predicted octanol–water partition coefficient (Wildman–Crippen LogP) is 3.13. The average Bonchev–Trinajstić information content (AvgIpc) is 2.89. The van der Waals surface area contributed by atoms with Gasteiger partial charge < -0.3 is 4.90 Å². The highest BCUT2D eigenvalue weighted by molar-refractivity contribution is 7.16. The van der Waals surface area contributed by atoms with E-state index in [1.807, 2.05) is 0 Å². The second-order valence-electron chi connectivity index (χ2n) is 3.19.